The summed E-state index contributed by atoms with van der Waals surface area (Å²) in [7, 11) is 0. The first kappa shape index (κ1) is 13.3. The lowest BCUT2D eigenvalue weighted by molar-refractivity contribution is -0.137. The van der Waals surface area contributed by atoms with Crippen LogP contribution in [-0.4, -0.2) is 29.7 Å². The molecule has 0 rings (SSSR count). The van der Waals surface area contributed by atoms with Crippen LogP contribution in [0.25, 0.3) is 0 Å². The molecule has 0 heterocycles. The Hall–Kier alpha value is -1.70. The first-order valence-electron chi connectivity index (χ1n) is 4.72. The summed E-state index contributed by atoms with van der Waals surface area (Å²) in [6.45, 7) is 3.75. The van der Waals surface area contributed by atoms with Crippen LogP contribution in [0, 0.1) is 11.8 Å². The molecule has 0 aromatic carbocycles. The summed E-state index contributed by atoms with van der Waals surface area (Å²) in [6.07, 6.45) is 0.471. The van der Waals surface area contributed by atoms with Gasteiger partial charge in [-0.1, -0.05) is 5.92 Å². The van der Waals surface area contributed by atoms with Crippen LogP contribution in [0.2, 0.25) is 0 Å². The molecule has 0 radical (unpaired) electrons. The zero-order chi connectivity index (χ0) is 11.7. The van der Waals surface area contributed by atoms with Crippen molar-refractivity contribution in [1.29, 1.82) is 0 Å². The quantitative estimate of drug-likeness (QED) is 0.583. The van der Waals surface area contributed by atoms with E-state index in [1.54, 1.807) is 13.8 Å². The van der Waals surface area contributed by atoms with Gasteiger partial charge in [0.1, 0.15) is 0 Å². The van der Waals surface area contributed by atoms with Gasteiger partial charge in [-0.2, -0.15) is 0 Å². The molecular weight excluding hydrogens is 196 g/mol. The normalized spacial score (nSPS) is 10.8. The van der Waals surface area contributed by atoms with Crippen molar-refractivity contribution < 1.29 is 14.7 Å². The van der Waals surface area contributed by atoms with Crippen LogP contribution in [0.15, 0.2) is 0 Å². The molecule has 1 atom stereocenters. The second kappa shape index (κ2) is 7.68. The summed E-state index contributed by atoms with van der Waals surface area (Å²) in [5.74, 6) is 4.47. The molecule has 0 saturated carbocycles. The molecule has 0 aromatic heterocycles. The minimum Gasteiger partial charge on any atom is -0.481 e. The highest BCUT2D eigenvalue weighted by atomic mass is 16.4. The van der Waals surface area contributed by atoms with Gasteiger partial charge in [0.25, 0.3) is 0 Å². The number of rotatable bonds is 5. The predicted octanol–water partition coefficient (Wildman–Crippen LogP) is 0.562. The largest absolute Gasteiger partial charge is 0.481 e. The Morgan fingerprint density at radius 3 is 2.67 bits per heavy atom. The molecule has 0 saturated heterocycles. The van der Waals surface area contributed by atoms with Gasteiger partial charge >= 0.3 is 12.0 Å². The average molecular weight is 212 g/mol. The summed E-state index contributed by atoms with van der Waals surface area (Å²) < 4.78 is 0. The monoisotopic (exact) mass is 212 g/mol. The van der Waals surface area contributed by atoms with Crippen LogP contribution >= 0.6 is 0 Å². The minimum atomic E-state index is -0.860. The second-order valence-electron chi connectivity index (χ2n) is 3.09. The second-order valence-corrected chi connectivity index (χ2v) is 3.09. The Balaban J connectivity index is 3.64. The number of carboxylic acid groups (broad SMARTS) is 1. The van der Waals surface area contributed by atoms with Gasteiger partial charge in [0.05, 0.1) is 6.54 Å². The maximum absolute atomic E-state index is 11.1. The number of carboxylic acids is 1. The molecule has 2 amide bonds. The molecule has 5 heteroatoms. The lowest BCUT2D eigenvalue weighted by Gasteiger charge is -2.12. The van der Waals surface area contributed by atoms with Crippen LogP contribution in [0.4, 0.5) is 4.79 Å². The van der Waals surface area contributed by atoms with Gasteiger partial charge in [-0.3, -0.25) is 4.79 Å². The van der Waals surface area contributed by atoms with Crippen molar-refractivity contribution in [2.24, 2.45) is 0 Å². The Morgan fingerprint density at radius 1 is 1.47 bits per heavy atom. The molecule has 3 N–H and O–H groups in total. The summed E-state index contributed by atoms with van der Waals surface area (Å²) in [6, 6.07) is -0.480. The van der Waals surface area contributed by atoms with E-state index in [2.05, 4.69) is 22.5 Å². The van der Waals surface area contributed by atoms with E-state index in [4.69, 9.17) is 5.11 Å². The Labute approximate surface area is 89.2 Å². The number of nitrogens with one attached hydrogen (secondary N) is 2. The number of urea groups is 1. The van der Waals surface area contributed by atoms with Gasteiger partial charge in [-0.25, -0.2) is 4.79 Å². The summed E-state index contributed by atoms with van der Waals surface area (Å²) in [4.78, 5) is 21.4. The highest BCUT2D eigenvalue weighted by Crippen LogP contribution is 1.95. The smallest absolute Gasteiger partial charge is 0.315 e. The Bertz CT molecular complexity index is 278. The summed E-state index contributed by atoms with van der Waals surface area (Å²) in [5, 5.41) is 13.6. The molecule has 0 bridgehead atoms. The fraction of sp³-hybridized carbons (Fsp3) is 0.600. The van der Waals surface area contributed by atoms with Gasteiger partial charge in [-0.05, 0) is 20.3 Å². The fourth-order valence-electron chi connectivity index (χ4n) is 0.900. The predicted molar refractivity (Wildman–Crippen MR) is 56.3 cm³/mol. The first-order chi connectivity index (χ1) is 7.06. The van der Waals surface area contributed by atoms with E-state index < -0.39 is 5.97 Å². The van der Waals surface area contributed by atoms with Crippen molar-refractivity contribution in [2.75, 3.05) is 6.54 Å². The maximum atomic E-state index is 11.1. The van der Waals surface area contributed by atoms with Crippen molar-refractivity contribution in [3.63, 3.8) is 0 Å². The van der Waals surface area contributed by atoms with Gasteiger partial charge in [0.2, 0.25) is 0 Å². The molecule has 1 unspecified atom stereocenters. The summed E-state index contributed by atoms with van der Waals surface area (Å²) in [5.41, 5.74) is 0. The van der Waals surface area contributed by atoms with Crippen LogP contribution in [0.5, 0.6) is 0 Å². The van der Waals surface area contributed by atoms with Crippen molar-refractivity contribution in [2.45, 2.75) is 32.7 Å². The fourth-order valence-corrected chi connectivity index (χ4v) is 0.900. The highest BCUT2D eigenvalue weighted by Gasteiger charge is 2.07. The number of hydrogen-bond donors (Lipinski definition) is 3. The van der Waals surface area contributed by atoms with E-state index in [0.29, 0.717) is 13.0 Å². The van der Waals surface area contributed by atoms with Gasteiger partial charge in [0, 0.05) is 12.5 Å². The average Bonchev–Trinajstić information content (AvgIpc) is 2.15. The van der Waals surface area contributed by atoms with E-state index >= 15 is 0 Å². The number of hydrogen-bond acceptors (Lipinski definition) is 2. The third-order valence-corrected chi connectivity index (χ3v) is 1.68. The van der Waals surface area contributed by atoms with Crippen LogP contribution in [0.3, 0.4) is 0 Å². The molecule has 0 aromatic rings. The van der Waals surface area contributed by atoms with E-state index in [-0.39, 0.29) is 18.5 Å². The highest BCUT2D eigenvalue weighted by molar-refractivity contribution is 5.74. The molecule has 0 aliphatic rings. The molecule has 84 valence electrons. The Kier molecular flexibility index (Phi) is 6.81. The van der Waals surface area contributed by atoms with Crippen molar-refractivity contribution in [3.05, 3.63) is 0 Å². The van der Waals surface area contributed by atoms with Crippen LogP contribution in [0.1, 0.15) is 26.7 Å². The van der Waals surface area contributed by atoms with E-state index in [1.165, 1.54) is 0 Å². The number of carbonyl (C=O) groups excluding carboxylic acids is 1. The van der Waals surface area contributed by atoms with Crippen LogP contribution < -0.4 is 10.6 Å². The maximum Gasteiger partial charge on any atom is 0.315 e. The van der Waals surface area contributed by atoms with Crippen molar-refractivity contribution in [1.82, 2.24) is 10.6 Å². The zero-order valence-corrected chi connectivity index (χ0v) is 8.96. The van der Waals surface area contributed by atoms with E-state index in [0.717, 1.165) is 0 Å². The standard InChI is InChI=1S/C10H16N2O3/c1-3-4-7-11-10(15)12-8(2)5-6-9(13)14/h8H,5-7H2,1-2H3,(H,13,14)(H2,11,12,15). The van der Waals surface area contributed by atoms with Crippen molar-refractivity contribution in [3.8, 4) is 11.8 Å². The molecule has 0 aliphatic heterocycles. The third kappa shape index (κ3) is 8.63. The van der Waals surface area contributed by atoms with E-state index in [9.17, 15) is 9.59 Å². The molecule has 0 aliphatic carbocycles. The number of aliphatic carboxylic acids is 1. The zero-order valence-electron chi connectivity index (χ0n) is 8.96. The molecule has 5 nitrogen and oxygen atoms in total. The first-order valence-corrected chi connectivity index (χ1v) is 4.72. The molecule has 15 heavy (non-hydrogen) atoms. The van der Waals surface area contributed by atoms with E-state index in [1.807, 2.05) is 0 Å². The molecular formula is C10H16N2O3. The molecule has 0 spiro atoms. The topological polar surface area (TPSA) is 78.4 Å². The van der Waals surface area contributed by atoms with Crippen LogP contribution in [-0.2, 0) is 4.79 Å². The minimum absolute atomic E-state index is 0.0518. The van der Waals surface area contributed by atoms with Crippen molar-refractivity contribution >= 4 is 12.0 Å². The summed E-state index contributed by atoms with van der Waals surface area (Å²) >= 11 is 0. The lowest BCUT2D eigenvalue weighted by atomic mass is 10.2. The molecule has 0 fully saturated rings. The van der Waals surface area contributed by atoms with Gasteiger partial charge < -0.3 is 15.7 Å². The van der Waals surface area contributed by atoms with Gasteiger partial charge in [0.15, 0.2) is 0 Å². The van der Waals surface area contributed by atoms with Gasteiger partial charge in [-0.15, -0.1) is 5.92 Å². The number of amides is 2. The number of carbonyl (C=O) groups is 2. The SMILES string of the molecule is CC#CCNC(=O)NC(C)CCC(=O)O. The third-order valence-electron chi connectivity index (χ3n) is 1.68. The Morgan fingerprint density at radius 2 is 2.13 bits per heavy atom. The lowest BCUT2D eigenvalue weighted by Crippen LogP contribution is -2.41.